The van der Waals surface area contributed by atoms with E-state index in [1.807, 2.05) is 0 Å². The molecular weight excluding hydrogens is 236 g/mol. The highest BCUT2D eigenvalue weighted by molar-refractivity contribution is 5.97. The van der Waals surface area contributed by atoms with Crippen molar-refractivity contribution in [2.45, 2.75) is 19.6 Å². The van der Waals surface area contributed by atoms with Crippen molar-refractivity contribution < 1.29 is 24.1 Å². The molecule has 1 fully saturated rings. The van der Waals surface area contributed by atoms with Crippen LogP contribution in [0, 0.1) is 0 Å². The quantitative estimate of drug-likeness (QED) is 0.831. The molecule has 1 aromatic carbocycles. The summed E-state index contributed by atoms with van der Waals surface area (Å²) in [5, 5.41) is 10.2. The summed E-state index contributed by atoms with van der Waals surface area (Å²) in [6, 6.07) is 3.12. The van der Waals surface area contributed by atoms with Crippen LogP contribution in [0.25, 0.3) is 0 Å². The van der Waals surface area contributed by atoms with Crippen LogP contribution in [0.2, 0.25) is 0 Å². The molecule has 98 valence electrons. The van der Waals surface area contributed by atoms with Crippen molar-refractivity contribution in [1.82, 2.24) is 0 Å². The topological polar surface area (TPSA) is 65.0 Å². The molecule has 0 saturated carbocycles. The molecule has 0 atom stereocenters. The summed E-state index contributed by atoms with van der Waals surface area (Å²) in [4.78, 5) is 11.5. The number of benzene rings is 1. The molecule has 0 aliphatic carbocycles. The van der Waals surface area contributed by atoms with Gasteiger partial charge in [0.15, 0.2) is 11.6 Å². The Morgan fingerprint density at radius 2 is 2.00 bits per heavy atom. The third-order valence-electron chi connectivity index (χ3n) is 3.03. The molecule has 0 bridgehead atoms. The minimum Gasteiger partial charge on any atom is -0.507 e. The second-order valence-electron chi connectivity index (χ2n) is 4.27. The first-order valence-corrected chi connectivity index (χ1v) is 5.68. The summed E-state index contributed by atoms with van der Waals surface area (Å²) in [6.45, 7) is 3.99. The molecular formula is C13H16O5. The molecule has 5 heteroatoms. The smallest absolute Gasteiger partial charge is 0.195 e. The van der Waals surface area contributed by atoms with Crippen LogP contribution in [0.3, 0.4) is 0 Å². The maximum Gasteiger partial charge on any atom is 0.195 e. The molecule has 1 saturated heterocycles. The Morgan fingerprint density at radius 3 is 2.50 bits per heavy atom. The van der Waals surface area contributed by atoms with E-state index in [-0.39, 0.29) is 17.1 Å². The third kappa shape index (κ3) is 2.07. The minimum absolute atomic E-state index is 0.118. The first-order valence-electron chi connectivity index (χ1n) is 5.68. The maximum atomic E-state index is 11.5. The SMILES string of the molecule is COc1cc(C(C)=O)c(O)c(C2(C)OCCO2)c1. The van der Waals surface area contributed by atoms with E-state index in [0.29, 0.717) is 24.5 Å². The summed E-state index contributed by atoms with van der Waals surface area (Å²) in [5.41, 5.74) is 0.606. The molecule has 1 aliphatic heterocycles. The van der Waals surface area contributed by atoms with Crippen LogP contribution in [0.1, 0.15) is 29.8 Å². The summed E-state index contributed by atoms with van der Waals surface area (Å²) in [6.07, 6.45) is 0. The summed E-state index contributed by atoms with van der Waals surface area (Å²) in [7, 11) is 1.50. The Bertz CT molecular complexity index is 475. The van der Waals surface area contributed by atoms with Gasteiger partial charge in [0.25, 0.3) is 0 Å². The average molecular weight is 252 g/mol. The molecule has 1 heterocycles. The minimum atomic E-state index is -1.04. The van der Waals surface area contributed by atoms with Crippen molar-refractivity contribution >= 4 is 5.78 Å². The van der Waals surface area contributed by atoms with Gasteiger partial charge in [-0.15, -0.1) is 0 Å². The van der Waals surface area contributed by atoms with Crippen molar-refractivity contribution in [1.29, 1.82) is 0 Å². The van der Waals surface area contributed by atoms with E-state index in [1.54, 1.807) is 13.0 Å². The van der Waals surface area contributed by atoms with E-state index in [2.05, 4.69) is 0 Å². The molecule has 1 aromatic rings. The van der Waals surface area contributed by atoms with Gasteiger partial charge < -0.3 is 19.3 Å². The van der Waals surface area contributed by atoms with E-state index in [4.69, 9.17) is 14.2 Å². The van der Waals surface area contributed by atoms with Gasteiger partial charge in [-0.1, -0.05) is 0 Å². The number of Topliss-reactive ketones (excluding diaryl/α,β-unsaturated/α-hetero) is 1. The number of carbonyl (C=O) groups excluding carboxylic acids is 1. The monoisotopic (exact) mass is 252 g/mol. The number of ether oxygens (including phenoxy) is 3. The fourth-order valence-electron chi connectivity index (χ4n) is 2.01. The lowest BCUT2D eigenvalue weighted by atomic mass is 9.99. The zero-order chi connectivity index (χ0) is 13.3. The van der Waals surface area contributed by atoms with Gasteiger partial charge in [0, 0.05) is 0 Å². The molecule has 5 nitrogen and oxygen atoms in total. The van der Waals surface area contributed by atoms with E-state index < -0.39 is 5.79 Å². The van der Waals surface area contributed by atoms with Gasteiger partial charge in [-0.05, 0) is 26.0 Å². The van der Waals surface area contributed by atoms with Crippen LogP contribution in [-0.2, 0) is 15.3 Å². The number of phenols is 1. The number of carbonyl (C=O) groups is 1. The molecule has 2 rings (SSSR count). The predicted octanol–water partition coefficient (Wildman–Crippen LogP) is 1.82. The average Bonchev–Trinajstić information content (AvgIpc) is 2.77. The standard InChI is InChI=1S/C13H16O5/c1-8(14)10-6-9(16-3)7-11(12(10)15)13(2)17-4-5-18-13/h6-7,15H,4-5H2,1-3H3. The molecule has 0 amide bonds. The molecule has 1 aliphatic rings. The van der Waals surface area contributed by atoms with Gasteiger partial charge in [-0.25, -0.2) is 0 Å². The molecule has 0 radical (unpaired) electrons. The van der Waals surface area contributed by atoms with Gasteiger partial charge in [0.05, 0.1) is 31.5 Å². The molecule has 1 N–H and O–H groups in total. The van der Waals surface area contributed by atoms with Crippen LogP contribution in [0.5, 0.6) is 11.5 Å². The number of ketones is 1. The zero-order valence-corrected chi connectivity index (χ0v) is 10.6. The summed E-state index contributed by atoms with van der Waals surface area (Å²) < 4.78 is 16.1. The Hall–Kier alpha value is -1.59. The zero-order valence-electron chi connectivity index (χ0n) is 10.6. The van der Waals surface area contributed by atoms with Crippen LogP contribution in [0.15, 0.2) is 12.1 Å². The fourth-order valence-corrected chi connectivity index (χ4v) is 2.01. The Balaban J connectivity index is 2.58. The number of phenolic OH excluding ortho intramolecular Hbond substituents is 1. The van der Waals surface area contributed by atoms with E-state index in [0.717, 1.165) is 0 Å². The highest BCUT2D eigenvalue weighted by Gasteiger charge is 2.37. The number of hydrogen-bond donors (Lipinski definition) is 1. The van der Waals surface area contributed by atoms with Gasteiger partial charge >= 0.3 is 0 Å². The fraction of sp³-hybridized carbons (Fsp3) is 0.462. The van der Waals surface area contributed by atoms with Crippen molar-refractivity contribution in [3.05, 3.63) is 23.3 Å². The van der Waals surface area contributed by atoms with E-state index in [9.17, 15) is 9.90 Å². The number of aromatic hydroxyl groups is 1. The van der Waals surface area contributed by atoms with Crippen molar-refractivity contribution in [2.24, 2.45) is 0 Å². The number of rotatable bonds is 3. The van der Waals surface area contributed by atoms with Gasteiger partial charge in [0.2, 0.25) is 0 Å². The van der Waals surface area contributed by atoms with Crippen molar-refractivity contribution in [3.63, 3.8) is 0 Å². The second-order valence-corrected chi connectivity index (χ2v) is 4.27. The first kappa shape index (κ1) is 12.9. The number of methoxy groups -OCH3 is 1. The van der Waals surface area contributed by atoms with Gasteiger partial charge in [-0.2, -0.15) is 0 Å². The third-order valence-corrected chi connectivity index (χ3v) is 3.03. The van der Waals surface area contributed by atoms with Crippen LogP contribution in [-0.4, -0.2) is 31.2 Å². The second kappa shape index (κ2) is 4.59. The lowest BCUT2D eigenvalue weighted by molar-refractivity contribution is -0.150. The highest BCUT2D eigenvalue weighted by atomic mass is 16.7. The highest BCUT2D eigenvalue weighted by Crippen LogP contribution is 2.40. The first-order chi connectivity index (χ1) is 8.48. The summed E-state index contributed by atoms with van der Waals surface area (Å²) in [5.74, 6) is -0.918. The predicted molar refractivity (Wildman–Crippen MR) is 63.9 cm³/mol. The van der Waals surface area contributed by atoms with Gasteiger partial charge in [-0.3, -0.25) is 4.79 Å². The number of hydrogen-bond acceptors (Lipinski definition) is 5. The summed E-state index contributed by atoms with van der Waals surface area (Å²) >= 11 is 0. The van der Waals surface area contributed by atoms with E-state index in [1.165, 1.54) is 20.1 Å². The molecule has 18 heavy (non-hydrogen) atoms. The molecule has 0 spiro atoms. The van der Waals surface area contributed by atoms with E-state index >= 15 is 0 Å². The van der Waals surface area contributed by atoms with Crippen molar-refractivity contribution in [2.75, 3.05) is 20.3 Å². The normalized spacial score (nSPS) is 17.7. The molecule has 0 aromatic heterocycles. The Morgan fingerprint density at radius 1 is 1.39 bits per heavy atom. The van der Waals surface area contributed by atoms with Crippen LogP contribution >= 0.6 is 0 Å². The maximum absolute atomic E-state index is 11.5. The van der Waals surface area contributed by atoms with Crippen molar-refractivity contribution in [3.8, 4) is 11.5 Å². The lowest BCUT2D eigenvalue weighted by Gasteiger charge is -2.25. The Kier molecular flexibility index (Phi) is 3.28. The Labute approximate surface area is 105 Å². The van der Waals surface area contributed by atoms with Crippen LogP contribution in [0.4, 0.5) is 0 Å². The lowest BCUT2D eigenvalue weighted by Crippen LogP contribution is -2.23. The van der Waals surface area contributed by atoms with Gasteiger partial charge in [0.1, 0.15) is 11.5 Å². The molecule has 0 unspecified atom stereocenters. The largest absolute Gasteiger partial charge is 0.507 e. The van der Waals surface area contributed by atoms with Crippen LogP contribution < -0.4 is 4.74 Å².